The molecule has 0 aliphatic rings. The molecule has 0 saturated carbocycles. The highest BCUT2D eigenvalue weighted by Gasteiger charge is 2.15. The lowest BCUT2D eigenvalue weighted by Gasteiger charge is -2.10. The van der Waals surface area contributed by atoms with E-state index in [4.69, 9.17) is 4.98 Å². The molecule has 7 heteroatoms. The highest BCUT2D eigenvalue weighted by molar-refractivity contribution is 6.08. The van der Waals surface area contributed by atoms with Crippen molar-refractivity contribution in [3.63, 3.8) is 0 Å². The minimum absolute atomic E-state index is 0.204. The molecule has 0 unspecified atom stereocenters. The zero-order valence-electron chi connectivity index (χ0n) is 21.9. The number of hydrogen-bond acceptors (Lipinski definition) is 4. The highest BCUT2D eigenvalue weighted by atomic mass is 16.4. The van der Waals surface area contributed by atoms with Gasteiger partial charge in [-0.2, -0.15) is 0 Å². The van der Waals surface area contributed by atoms with E-state index in [0.717, 1.165) is 40.8 Å². The fraction of sp³-hybridized carbons (Fsp3) is 0.226. The molecule has 7 nitrogen and oxygen atoms in total. The molecule has 194 valence electrons. The van der Waals surface area contributed by atoms with E-state index in [9.17, 15) is 14.7 Å². The molecule has 38 heavy (non-hydrogen) atoms. The standard InChI is InChI=1S/C27H22N4O3.C4H10/c1-2-15-31-24-13-12-19(27(33)34)16-23(24)29-25(31)17-8-10-18(11-9-17)26(32)30-22-7-3-6-21-20(22)5-4-14-28-21;1-3-4-2/h3-14,16H,2,15H2,1H3,(H,30,32)(H,33,34);3-4H2,1-2H3. The molecule has 0 spiro atoms. The van der Waals surface area contributed by atoms with Gasteiger partial charge in [0.1, 0.15) is 5.82 Å². The number of carboxylic acid groups (broad SMARTS) is 1. The lowest BCUT2D eigenvalue weighted by Crippen LogP contribution is -2.12. The van der Waals surface area contributed by atoms with Crippen molar-refractivity contribution in [2.24, 2.45) is 0 Å². The number of benzene rings is 3. The summed E-state index contributed by atoms with van der Waals surface area (Å²) in [4.78, 5) is 33.3. The lowest BCUT2D eigenvalue weighted by molar-refractivity contribution is 0.0696. The lowest BCUT2D eigenvalue weighted by atomic mass is 10.1. The van der Waals surface area contributed by atoms with E-state index in [2.05, 4.69) is 35.6 Å². The summed E-state index contributed by atoms with van der Waals surface area (Å²) in [5.74, 6) is -0.451. The first kappa shape index (κ1) is 26.5. The van der Waals surface area contributed by atoms with Crippen molar-refractivity contribution < 1.29 is 14.7 Å². The molecule has 2 heterocycles. The van der Waals surface area contributed by atoms with Crippen LogP contribution in [0.4, 0.5) is 5.69 Å². The predicted molar refractivity (Wildman–Crippen MR) is 153 cm³/mol. The maximum absolute atomic E-state index is 12.9. The minimum Gasteiger partial charge on any atom is -0.478 e. The van der Waals surface area contributed by atoms with Crippen molar-refractivity contribution in [1.29, 1.82) is 0 Å². The first-order chi connectivity index (χ1) is 18.5. The number of aromatic nitrogens is 3. The molecule has 0 saturated heterocycles. The summed E-state index contributed by atoms with van der Waals surface area (Å²) in [7, 11) is 0. The Labute approximate surface area is 222 Å². The minimum atomic E-state index is -0.981. The Hall–Kier alpha value is -4.52. The molecule has 0 radical (unpaired) electrons. The van der Waals surface area contributed by atoms with Crippen LogP contribution in [0.1, 0.15) is 60.7 Å². The van der Waals surface area contributed by atoms with Gasteiger partial charge in [-0.3, -0.25) is 9.78 Å². The van der Waals surface area contributed by atoms with Gasteiger partial charge in [-0.15, -0.1) is 0 Å². The van der Waals surface area contributed by atoms with E-state index in [1.807, 2.05) is 42.5 Å². The number of fused-ring (bicyclic) bond motifs is 2. The number of hydrogen-bond donors (Lipinski definition) is 2. The van der Waals surface area contributed by atoms with E-state index in [0.29, 0.717) is 16.8 Å². The molecule has 0 aliphatic carbocycles. The number of pyridine rings is 1. The van der Waals surface area contributed by atoms with Gasteiger partial charge in [0, 0.05) is 29.3 Å². The summed E-state index contributed by atoms with van der Waals surface area (Å²) >= 11 is 0. The van der Waals surface area contributed by atoms with E-state index >= 15 is 0 Å². The van der Waals surface area contributed by atoms with Gasteiger partial charge >= 0.3 is 5.97 Å². The van der Waals surface area contributed by atoms with Crippen LogP contribution in [0.2, 0.25) is 0 Å². The predicted octanol–water partition coefficient (Wildman–Crippen LogP) is 7.42. The molecule has 3 aromatic carbocycles. The maximum atomic E-state index is 12.9. The molecule has 1 amide bonds. The van der Waals surface area contributed by atoms with Crippen LogP contribution in [-0.4, -0.2) is 31.5 Å². The highest BCUT2D eigenvalue weighted by Crippen LogP contribution is 2.27. The Kier molecular flexibility index (Phi) is 8.48. The van der Waals surface area contributed by atoms with Gasteiger partial charge in [0.25, 0.3) is 5.91 Å². The summed E-state index contributed by atoms with van der Waals surface area (Å²) < 4.78 is 2.08. The molecule has 0 fully saturated rings. The maximum Gasteiger partial charge on any atom is 0.335 e. The summed E-state index contributed by atoms with van der Waals surface area (Å²) in [6.07, 6.45) is 5.26. The van der Waals surface area contributed by atoms with Crippen LogP contribution >= 0.6 is 0 Å². The fourth-order valence-corrected chi connectivity index (χ4v) is 4.11. The van der Waals surface area contributed by atoms with E-state index in [-0.39, 0.29) is 11.5 Å². The van der Waals surface area contributed by atoms with E-state index < -0.39 is 5.97 Å². The Bertz CT molecular complexity index is 1560. The van der Waals surface area contributed by atoms with Crippen molar-refractivity contribution in [3.8, 4) is 11.4 Å². The number of rotatable bonds is 7. The Morgan fingerprint density at radius 3 is 2.26 bits per heavy atom. The molecule has 2 N–H and O–H groups in total. The largest absolute Gasteiger partial charge is 0.478 e. The Morgan fingerprint density at radius 1 is 0.842 bits per heavy atom. The number of carbonyl (C=O) groups is 2. The average molecular weight is 509 g/mol. The number of amides is 1. The third-order valence-corrected chi connectivity index (χ3v) is 6.24. The molecule has 5 aromatic rings. The van der Waals surface area contributed by atoms with Gasteiger partial charge in [0.05, 0.1) is 27.8 Å². The second-order valence-corrected chi connectivity index (χ2v) is 9.00. The summed E-state index contributed by atoms with van der Waals surface area (Å²) in [5, 5.41) is 13.2. The second-order valence-electron chi connectivity index (χ2n) is 9.00. The van der Waals surface area contributed by atoms with Crippen molar-refractivity contribution in [3.05, 3.63) is 90.1 Å². The second kappa shape index (κ2) is 12.1. The van der Waals surface area contributed by atoms with Crippen molar-refractivity contribution in [1.82, 2.24) is 14.5 Å². The molecular formula is C31H32N4O3. The molecule has 0 atom stereocenters. The smallest absolute Gasteiger partial charge is 0.335 e. The normalized spacial score (nSPS) is 10.7. The van der Waals surface area contributed by atoms with Gasteiger partial charge in [-0.25, -0.2) is 9.78 Å². The third kappa shape index (κ3) is 5.72. The first-order valence-corrected chi connectivity index (χ1v) is 13.0. The zero-order chi connectivity index (χ0) is 27.1. The summed E-state index contributed by atoms with van der Waals surface area (Å²) in [6.45, 7) is 7.19. The number of anilines is 1. The number of aromatic carboxylic acids is 1. The Morgan fingerprint density at radius 2 is 1.58 bits per heavy atom. The number of nitrogens with zero attached hydrogens (tertiary/aromatic N) is 3. The molecule has 5 rings (SSSR count). The number of unbranched alkanes of at least 4 members (excludes halogenated alkanes) is 1. The average Bonchev–Trinajstić information content (AvgIpc) is 3.31. The molecule has 0 bridgehead atoms. The topological polar surface area (TPSA) is 97.1 Å². The summed E-state index contributed by atoms with van der Waals surface area (Å²) in [5.41, 5.74) is 4.62. The molecule has 2 aromatic heterocycles. The monoisotopic (exact) mass is 508 g/mol. The van der Waals surface area contributed by atoms with Crippen LogP contribution in [0, 0.1) is 0 Å². The first-order valence-electron chi connectivity index (χ1n) is 13.0. The van der Waals surface area contributed by atoms with Crippen LogP contribution in [0.5, 0.6) is 0 Å². The van der Waals surface area contributed by atoms with Crippen LogP contribution in [0.25, 0.3) is 33.3 Å². The van der Waals surface area contributed by atoms with E-state index in [1.54, 1.807) is 36.5 Å². The summed E-state index contributed by atoms with van der Waals surface area (Å²) in [6, 6.07) is 21.6. The Balaban J connectivity index is 0.000000786. The quantitative estimate of drug-likeness (QED) is 0.238. The van der Waals surface area contributed by atoms with Gasteiger partial charge in [0.2, 0.25) is 0 Å². The van der Waals surface area contributed by atoms with E-state index in [1.165, 1.54) is 12.8 Å². The number of nitrogens with one attached hydrogen (secondary N) is 1. The SMILES string of the molecule is CCCC.CCCn1c(-c2ccc(C(=O)Nc3cccc4ncccc34)cc2)nc2cc(C(=O)O)ccc21. The van der Waals surface area contributed by atoms with Crippen molar-refractivity contribution >= 4 is 39.5 Å². The van der Waals surface area contributed by atoms with Crippen LogP contribution in [0.15, 0.2) is 79.0 Å². The number of carbonyl (C=O) groups excluding carboxylic acids is 1. The number of carboxylic acids is 1. The van der Waals surface area contributed by atoms with Gasteiger partial charge in [0.15, 0.2) is 0 Å². The van der Waals surface area contributed by atoms with Crippen molar-refractivity contribution in [2.45, 2.75) is 46.6 Å². The molecular weight excluding hydrogens is 476 g/mol. The number of aryl methyl sites for hydroxylation is 1. The third-order valence-electron chi connectivity index (χ3n) is 6.24. The van der Waals surface area contributed by atoms with Gasteiger partial charge < -0.3 is 15.0 Å². The van der Waals surface area contributed by atoms with Crippen molar-refractivity contribution in [2.75, 3.05) is 5.32 Å². The van der Waals surface area contributed by atoms with Gasteiger partial charge in [-0.1, -0.05) is 51.8 Å². The molecule has 0 aliphatic heterocycles. The van der Waals surface area contributed by atoms with Gasteiger partial charge in [-0.05, 0) is 61.0 Å². The zero-order valence-corrected chi connectivity index (χ0v) is 21.9. The number of imidazole rings is 1. The van der Waals surface area contributed by atoms with Crippen LogP contribution in [-0.2, 0) is 6.54 Å². The fourth-order valence-electron chi connectivity index (χ4n) is 4.11. The van der Waals surface area contributed by atoms with Crippen LogP contribution in [0.3, 0.4) is 0 Å². The van der Waals surface area contributed by atoms with Crippen LogP contribution < -0.4 is 5.32 Å².